The van der Waals surface area contributed by atoms with E-state index in [-0.39, 0.29) is 0 Å². The minimum Gasteiger partial charge on any atom is -0.314 e. The van der Waals surface area contributed by atoms with Gasteiger partial charge in [-0.2, -0.15) is 0 Å². The lowest BCUT2D eigenvalue weighted by molar-refractivity contribution is 0.541. The van der Waals surface area contributed by atoms with Crippen LogP contribution >= 0.6 is 0 Å². The second-order valence-electron chi connectivity index (χ2n) is 3.87. The summed E-state index contributed by atoms with van der Waals surface area (Å²) in [6.45, 7) is 5.50. The first-order valence-corrected chi connectivity index (χ1v) is 5.78. The summed E-state index contributed by atoms with van der Waals surface area (Å²) in [5, 5.41) is 3.47. The SMILES string of the molecule is CCC(C)NCCC=Cc1ccccc1. The molecule has 0 aliphatic carbocycles. The van der Waals surface area contributed by atoms with Gasteiger partial charge in [0, 0.05) is 6.04 Å². The predicted molar refractivity (Wildman–Crippen MR) is 67.8 cm³/mol. The standard InChI is InChI=1S/C14H21N/c1-3-13(2)15-12-8-7-11-14-9-5-4-6-10-14/h4-7,9-11,13,15H,3,8,12H2,1-2H3. The van der Waals surface area contributed by atoms with Gasteiger partial charge < -0.3 is 5.32 Å². The van der Waals surface area contributed by atoms with Crippen LogP contribution in [0.15, 0.2) is 36.4 Å². The molecule has 1 unspecified atom stereocenters. The molecule has 0 aliphatic heterocycles. The Labute approximate surface area is 93.2 Å². The van der Waals surface area contributed by atoms with Crippen LogP contribution in [0.2, 0.25) is 0 Å². The average Bonchev–Trinajstić information content (AvgIpc) is 2.29. The average molecular weight is 203 g/mol. The molecule has 0 radical (unpaired) electrons. The summed E-state index contributed by atoms with van der Waals surface area (Å²) >= 11 is 0. The molecule has 0 saturated heterocycles. The molecule has 0 bridgehead atoms. The zero-order valence-corrected chi connectivity index (χ0v) is 9.74. The van der Waals surface area contributed by atoms with Crippen molar-refractivity contribution in [3.8, 4) is 0 Å². The molecule has 15 heavy (non-hydrogen) atoms. The Morgan fingerprint density at radius 1 is 1.27 bits per heavy atom. The van der Waals surface area contributed by atoms with Crippen molar-refractivity contribution in [2.24, 2.45) is 0 Å². The molecule has 1 aromatic rings. The molecule has 0 amide bonds. The van der Waals surface area contributed by atoms with Gasteiger partial charge in [0.2, 0.25) is 0 Å². The number of nitrogens with one attached hydrogen (secondary N) is 1. The zero-order chi connectivity index (χ0) is 10.9. The van der Waals surface area contributed by atoms with Crippen molar-refractivity contribution in [2.45, 2.75) is 32.7 Å². The first-order chi connectivity index (χ1) is 7.33. The van der Waals surface area contributed by atoms with Crippen LogP contribution in [0.3, 0.4) is 0 Å². The molecule has 0 aliphatic rings. The molecule has 1 rings (SSSR count). The van der Waals surface area contributed by atoms with Crippen molar-refractivity contribution in [1.29, 1.82) is 0 Å². The van der Waals surface area contributed by atoms with E-state index in [0.29, 0.717) is 6.04 Å². The fourth-order valence-corrected chi connectivity index (χ4v) is 1.34. The first-order valence-electron chi connectivity index (χ1n) is 5.78. The molecule has 1 N–H and O–H groups in total. The molecule has 0 aromatic heterocycles. The summed E-state index contributed by atoms with van der Waals surface area (Å²) in [6, 6.07) is 11.1. The number of hydrogen-bond donors (Lipinski definition) is 1. The lowest BCUT2D eigenvalue weighted by atomic mass is 10.2. The van der Waals surface area contributed by atoms with Gasteiger partial charge in [0.05, 0.1) is 0 Å². The highest BCUT2D eigenvalue weighted by Gasteiger charge is 1.93. The van der Waals surface area contributed by atoms with Crippen LogP contribution in [0.1, 0.15) is 32.3 Å². The lowest BCUT2D eigenvalue weighted by Gasteiger charge is -2.08. The second kappa shape index (κ2) is 7.24. The highest BCUT2D eigenvalue weighted by molar-refractivity contribution is 5.48. The van der Waals surface area contributed by atoms with Gasteiger partial charge in [0.15, 0.2) is 0 Å². The zero-order valence-electron chi connectivity index (χ0n) is 9.74. The van der Waals surface area contributed by atoms with Crippen LogP contribution in [-0.4, -0.2) is 12.6 Å². The Morgan fingerprint density at radius 2 is 2.00 bits per heavy atom. The Hall–Kier alpha value is -1.08. The normalized spacial score (nSPS) is 13.2. The maximum Gasteiger partial charge on any atom is 0.00362 e. The Balaban J connectivity index is 2.18. The number of hydrogen-bond acceptors (Lipinski definition) is 1. The van der Waals surface area contributed by atoms with Crippen molar-refractivity contribution in [3.63, 3.8) is 0 Å². The summed E-state index contributed by atoms with van der Waals surface area (Å²) in [4.78, 5) is 0. The van der Waals surface area contributed by atoms with E-state index < -0.39 is 0 Å². The Kier molecular flexibility index (Phi) is 5.79. The van der Waals surface area contributed by atoms with Gasteiger partial charge in [0.1, 0.15) is 0 Å². The fraction of sp³-hybridized carbons (Fsp3) is 0.429. The fourth-order valence-electron chi connectivity index (χ4n) is 1.34. The van der Waals surface area contributed by atoms with Crippen molar-refractivity contribution >= 4 is 6.08 Å². The predicted octanol–water partition coefficient (Wildman–Crippen LogP) is 3.48. The smallest absolute Gasteiger partial charge is 0.00362 e. The highest BCUT2D eigenvalue weighted by atomic mass is 14.9. The highest BCUT2D eigenvalue weighted by Crippen LogP contribution is 2.01. The van der Waals surface area contributed by atoms with E-state index in [2.05, 4.69) is 55.6 Å². The van der Waals surface area contributed by atoms with Crippen LogP contribution in [0.4, 0.5) is 0 Å². The van der Waals surface area contributed by atoms with Gasteiger partial charge in [-0.25, -0.2) is 0 Å². The quantitative estimate of drug-likeness (QED) is 0.698. The van der Waals surface area contributed by atoms with Crippen molar-refractivity contribution in [2.75, 3.05) is 6.54 Å². The van der Waals surface area contributed by atoms with Gasteiger partial charge in [0.25, 0.3) is 0 Å². The summed E-state index contributed by atoms with van der Waals surface area (Å²) in [5.74, 6) is 0. The van der Waals surface area contributed by atoms with Gasteiger partial charge in [-0.05, 0) is 31.9 Å². The molecular formula is C14H21N. The number of benzene rings is 1. The maximum atomic E-state index is 3.47. The van der Waals surface area contributed by atoms with Crippen LogP contribution in [0.5, 0.6) is 0 Å². The lowest BCUT2D eigenvalue weighted by Crippen LogP contribution is -2.25. The third kappa shape index (κ3) is 5.38. The van der Waals surface area contributed by atoms with Gasteiger partial charge in [-0.15, -0.1) is 0 Å². The minimum absolute atomic E-state index is 0.634. The molecule has 0 spiro atoms. The monoisotopic (exact) mass is 203 g/mol. The van der Waals surface area contributed by atoms with E-state index in [1.807, 2.05) is 6.07 Å². The molecule has 1 atom stereocenters. The topological polar surface area (TPSA) is 12.0 Å². The van der Waals surface area contributed by atoms with Gasteiger partial charge >= 0.3 is 0 Å². The molecule has 1 nitrogen and oxygen atoms in total. The van der Waals surface area contributed by atoms with E-state index in [0.717, 1.165) is 13.0 Å². The largest absolute Gasteiger partial charge is 0.314 e. The molecule has 1 aromatic carbocycles. The van der Waals surface area contributed by atoms with Crippen molar-refractivity contribution in [1.82, 2.24) is 5.32 Å². The van der Waals surface area contributed by atoms with E-state index >= 15 is 0 Å². The van der Waals surface area contributed by atoms with Crippen LogP contribution in [-0.2, 0) is 0 Å². The van der Waals surface area contributed by atoms with Gasteiger partial charge in [-0.1, -0.05) is 49.4 Å². The van der Waals surface area contributed by atoms with E-state index in [4.69, 9.17) is 0 Å². The van der Waals surface area contributed by atoms with Gasteiger partial charge in [-0.3, -0.25) is 0 Å². The second-order valence-corrected chi connectivity index (χ2v) is 3.87. The summed E-state index contributed by atoms with van der Waals surface area (Å²) < 4.78 is 0. The number of rotatable bonds is 6. The minimum atomic E-state index is 0.634. The van der Waals surface area contributed by atoms with Crippen LogP contribution < -0.4 is 5.32 Å². The van der Waals surface area contributed by atoms with Crippen molar-refractivity contribution in [3.05, 3.63) is 42.0 Å². The van der Waals surface area contributed by atoms with E-state index in [9.17, 15) is 0 Å². The Bertz CT molecular complexity index is 277. The first kappa shape index (κ1) is 12.0. The molecule has 1 heteroatoms. The molecule has 0 heterocycles. The van der Waals surface area contributed by atoms with E-state index in [1.165, 1.54) is 12.0 Å². The third-order valence-corrected chi connectivity index (χ3v) is 2.53. The summed E-state index contributed by atoms with van der Waals surface area (Å²) in [7, 11) is 0. The maximum absolute atomic E-state index is 3.47. The molecule has 0 fully saturated rings. The Morgan fingerprint density at radius 3 is 2.67 bits per heavy atom. The molecular weight excluding hydrogens is 182 g/mol. The molecule has 0 saturated carbocycles. The van der Waals surface area contributed by atoms with Crippen molar-refractivity contribution < 1.29 is 0 Å². The van der Waals surface area contributed by atoms with E-state index in [1.54, 1.807) is 0 Å². The third-order valence-electron chi connectivity index (χ3n) is 2.53. The molecule has 82 valence electrons. The van der Waals surface area contributed by atoms with Crippen LogP contribution in [0.25, 0.3) is 6.08 Å². The van der Waals surface area contributed by atoms with Crippen LogP contribution in [0, 0.1) is 0 Å². The summed E-state index contributed by atoms with van der Waals surface area (Å²) in [5.41, 5.74) is 1.28. The summed E-state index contributed by atoms with van der Waals surface area (Å²) in [6.07, 6.45) is 6.70.